The third-order valence-electron chi connectivity index (χ3n) is 4.11. The van der Waals surface area contributed by atoms with Crippen LogP contribution in [0.1, 0.15) is 35.7 Å². The monoisotopic (exact) mass is 385 g/mol. The van der Waals surface area contributed by atoms with Crippen LogP contribution in [0.15, 0.2) is 54.6 Å². The average molecular weight is 385 g/mol. The fourth-order valence-electron chi connectivity index (χ4n) is 2.65. The molecule has 0 aromatic heterocycles. The van der Waals surface area contributed by atoms with Gasteiger partial charge in [-0.25, -0.2) is 0 Å². The maximum Gasteiger partial charge on any atom is 0.307 e. The molecule has 0 radical (unpaired) electrons. The highest BCUT2D eigenvalue weighted by atomic mass is 16.5. The van der Waals surface area contributed by atoms with E-state index < -0.39 is 0 Å². The van der Waals surface area contributed by atoms with Gasteiger partial charge in [0.05, 0.1) is 13.0 Å². The van der Waals surface area contributed by atoms with Crippen molar-refractivity contribution in [1.29, 1.82) is 0 Å². The number of rotatable bonds is 11. The van der Waals surface area contributed by atoms with Gasteiger partial charge in [-0.3, -0.25) is 9.59 Å². The number of aliphatic hydroxyl groups excluding tert-OH is 1. The Kier molecular flexibility index (Phi) is 9.01. The lowest BCUT2D eigenvalue weighted by Gasteiger charge is -2.22. The molecule has 2 rings (SSSR count). The van der Waals surface area contributed by atoms with Crippen LogP contribution in [0.2, 0.25) is 0 Å². The van der Waals surface area contributed by atoms with Gasteiger partial charge >= 0.3 is 5.97 Å². The summed E-state index contributed by atoms with van der Waals surface area (Å²) >= 11 is 0. The van der Waals surface area contributed by atoms with Crippen molar-refractivity contribution in [2.75, 3.05) is 26.3 Å². The van der Waals surface area contributed by atoms with Crippen LogP contribution in [0, 0.1) is 0 Å². The van der Waals surface area contributed by atoms with E-state index in [1.54, 1.807) is 36.1 Å². The highest BCUT2D eigenvalue weighted by Crippen LogP contribution is 2.16. The molecule has 1 amide bonds. The van der Waals surface area contributed by atoms with E-state index in [0.717, 1.165) is 5.56 Å². The standard InChI is InChI=1S/C22H27NO5/c1-2-27-21(25)13-15-23(14-6-16-24)22(26)19-9-11-20(12-10-19)28-17-18-7-4-3-5-8-18/h3-5,7-12,24H,2,6,13-17H2,1H3. The van der Waals surface area contributed by atoms with Crippen LogP contribution in [-0.4, -0.2) is 48.2 Å². The molecular formula is C22H27NO5. The van der Waals surface area contributed by atoms with E-state index in [9.17, 15) is 9.59 Å². The summed E-state index contributed by atoms with van der Waals surface area (Å²) in [5.41, 5.74) is 1.57. The number of aliphatic hydroxyl groups is 1. The molecule has 150 valence electrons. The normalized spacial score (nSPS) is 10.4. The number of benzene rings is 2. The quantitative estimate of drug-likeness (QED) is 0.602. The fraction of sp³-hybridized carbons (Fsp3) is 0.364. The van der Waals surface area contributed by atoms with Gasteiger partial charge in [0.15, 0.2) is 0 Å². The van der Waals surface area contributed by atoms with Crippen molar-refractivity contribution < 1.29 is 24.2 Å². The van der Waals surface area contributed by atoms with Gasteiger partial charge in [0, 0.05) is 25.3 Å². The molecule has 0 spiro atoms. The summed E-state index contributed by atoms with van der Waals surface area (Å²) in [6, 6.07) is 16.8. The Bertz CT molecular complexity index is 730. The summed E-state index contributed by atoms with van der Waals surface area (Å²) in [5.74, 6) is 0.148. The highest BCUT2D eigenvalue weighted by Gasteiger charge is 2.17. The third-order valence-corrected chi connectivity index (χ3v) is 4.11. The minimum Gasteiger partial charge on any atom is -0.489 e. The summed E-state index contributed by atoms with van der Waals surface area (Å²) in [7, 11) is 0. The summed E-state index contributed by atoms with van der Waals surface area (Å²) in [4.78, 5) is 25.9. The zero-order valence-corrected chi connectivity index (χ0v) is 16.2. The lowest BCUT2D eigenvalue weighted by Crippen LogP contribution is -2.34. The predicted molar refractivity (Wildman–Crippen MR) is 106 cm³/mol. The van der Waals surface area contributed by atoms with Crippen LogP contribution in [0.25, 0.3) is 0 Å². The molecule has 0 aliphatic heterocycles. The molecule has 0 bridgehead atoms. The number of esters is 1. The van der Waals surface area contributed by atoms with Crippen molar-refractivity contribution in [2.24, 2.45) is 0 Å². The molecule has 0 saturated carbocycles. The van der Waals surface area contributed by atoms with E-state index in [0.29, 0.717) is 37.5 Å². The second-order valence-electron chi connectivity index (χ2n) is 6.22. The summed E-state index contributed by atoms with van der Waals surface area (Å²) < 4.78 is 10.7. The molecule has 0 aliphatic rings. The molecule has 0 aliphatic carbocycles. The van der Waals surface area contributed by atoms with Gasteiger partial charge in [-0.05, 0) is 43.2 Å². The van der Waals surface area contributed by atoms with Crippen LogP contribution in [0.4, 0.5) is 0 Å². The Balaban J connectivity index is 1.95. The average Bonchev–Trinajstić information content (AvgIpc) is 2.73. The van der Waals surface area contributed by atoms with Crippen LogP contribution in [-0.2, 0) is 16.1 Å². The van der Waals surface area contributed by atoms with Crippen molar-refractivity contribution in [3.8, 4) is 5.75 Å². The first-order chi connectivity index (χ1) is 13.6. The fourth-order valence-corrected chi connectivity index (χ4v) is 2.65. The topological polar surface area (TPSA) is 76.1 Å². The number of carbonyl (C=O) groups is 2. The number of hydrogen-bond acceptors (Lipinski definition) is 5. The minimum atomic E-state index is -0.339. The number of nitrogens with zero attached hydrogens (tertiary/aromatic N) is 1. The summed E-state index contributed by atoms with van der Waals surface area (Å²) in [6.45, 7) is 3.12. The SMILES string of the molecule is CCOC(=O)CCN(CCCO)C(=O)c1ccc(OCc2ccccc2)cc1. The van der Waals surface area contributed by atoms with Crippen molar-refractivity contribution in [3.63, 3.8) is 0 Å². The third kappa shape index (κ3) is 7.04. The zero-order valence-electron chi connectivity index (χ0n) is 16.2. The van der Waals surface area contributed by atoms with Crippen LogP contribution >= 0.6 is 0 Å². The first kappa shape index (κ1) is 21.4. The van der Waals surface area contributed by atoms with E-state index in [-0.39, 0.29) is 31.4 Å². The van der Waals surface area contributed by atoms with Gasteiger partial charge < -0.3 is 19.5 Å². The van der Waals surface area contributed by atoms with Crippen LogP contribution in [0.5, 0.6) is 5.75 Å². The molecule has 0 unspecified atom stereocenters. The molecule has 0 atom stereocenters. The van der Waals surface area contributed by atoms with Gasteiger partial charge in [0.25, 0.3) is 5.91 Å². The molecule has 28 heavy (non-hydrogen) atoms. The molecule has 0 heterocycles. The Hall–Kier alpha value is -2.86. The van der Waals surface area contributed by atoms with Gasteiger partial charge in [0.2, 0.25) is 0 Å². The molecule has 6 heteroatoms. The first-order valence-corrected chi connectivity index (χ1v) is 9.46. The second-order valence-corrected chi connectivity index (χ2v) is 6.22. The summed E-state index contributed by atoms with van der Waals surface area (Å²) in [5, 5.41) is 9.07. The summed E-state index contributed by atoms with van der Waals surface area (Å²) in [6.07, 6.45) is 0.579. The van der Waals surface area contributed by atoms with Gasteiger partial charge in [0.1, 0.15) is 12.4 Å². The number of amides is 1. The van der Waals surface area contributed by atoms with Gasteiger partial charge in [-0.15, -0.1) is 0 Å². The molecule has 2 aromatic rings. The van der Waals surface area contributed by atoms with Crippen LogP contribution < -0.4 is 4.74 Å². The minimum absolute atomic E-state index is 0.0184. The second kappa shape index (κ2) is 11.8. The largest absolute Gasteiger partial charge is 0.489 e. The predicted octanol–water partition coefficient (Wildman–Crippen LogP) is 3.04. The Morgan fingerprint density at radius 1 is 1.00 bits per heavy atom. The van der Waals surface area contributed by atoms with Crippen molar-refractivity contribution in [1.82, 2.24) is 4.90 Å². The van der Waals surface area contributed by atoms with E-state index in [1.807, 2.05) is 30.3 Å². The molecule has 1 N–H and O–H groups in total. The molecule has 0 fully saturated rings. The van der Waals surface area contributed by atoms with E-state index in [4.69, 9.17) is 14.6 Å². The van der Waals surface area contributed by atoms with E-state index in [2.05, 4.69) is 0 Å². The Morgan fingerprint density at radius 3 is 2.36 bits per heavy atom. The maximum absolute atomic E-state index is 12.8. The smallest absolute Gasteiger partial charge is 0.307 e. The number of carbonyl (C=O) groups excluding carboxylic acids is 2. The van der Waals surface area contributed by atoms with E-state index >= 15 is 0 Å². The molecule has 0 saturated heterocycles. The maximum atomic E-state index is 12.8. The first-order valence-electron chi connectivity index (χ1n) is 9.46. The Morgan fingerprint density at radius 2 is 1.71 bits per heavy atom. The zero-order chi connectivity index (χ0) is 20.2. The molecule has 2 aromatic carbocycles. The Labute approximate surface area is 165 Å². The van der Waals surface area contributed by atoms with Gasteiger partial charge in [-0.1, -0.05) is 30.3 Å². The van der Waals surface area contributed by atoms with Gasteiger partial charge in [-0.2, -0.15) is 0 Å². The van der Waals surface area contributed by atoms with Crippen LogP contribution in [0.3, 0.4) is 0 Å². The number of ether oxygens (including phenoxy) is 2. The lowest BCUT2D eigenvalue weighted by molar-refractivity contribution is -0.143. The van der Waals surface area contributed by atoms with Crippen molar-refractivity contribution in [2.45, 2.75) is 26.4 Å². The highest BCUT2D eigenvalue weighted by molar-refractivity contribution is 5.94. The molecular weight excluding hydrogens is 358 g/mol. The molecule has 6 nitrogen and oxygen atoms in total. The van der Waals surface area contributed by atoms with Crippen molar-refractivity contribution in [3.05, 3.63) is 65.7 Å². The van der Waals surface area contributed by atoms with E-state index in [1.165, 1.54) is 0 Å². The lowest BCUT2D eigenvalue weighted by atomic mass is 10.1. The van der Waals surface area contributed by atoms with Crippen molar-refractivity contribution >= 4 is 11.9 Å². The number of hydrogen-bond donors (Lipinski definition) is 1.